The van der Waals surface area contributed by atoms with Crippen LogP contribution in [0.25, 0.3) is 0 Å². The third kappa shape index (κ3) is 7.27. The first-order valence-corrected chi connectivity index (χ1v) is 6.63. The van der Waals surface area contributed by atoms with Crippen molar-refractivity contribution in [2.75, 3.05) is 6.54 Å². The number of rotatable bonds is 9. The van der Waals surface area contributed by atoms with Gasteiger partial charge in [-0.15, -0.1) is 0 Å². The largest absolute Gasteiger partial charge is 0.481 e. The molecule has 106 valence electrons. The molecule has 0 heterocycles. The first kappa shape index (κ1) is 16.9. The molecule has 1 unspecified atom stereocenters. The van der Waals surface area contributed by atoms with E-state index >= 15 is 0 Å². The number of aliphatic carboxylic acids is 1. The first-order valence-electron chi connectivity index (χ1n) is 6.63. The normalized spacial score (nSPS) is 14.3. The van der Waals surface area contributed by atoms with Crippen LogP contribution in [-0.2, 0) is 9.59 Å². The maximum absolute atomic E-state index is 11.6. The van der Waals surface area contributed by atoms with E-state index in [4.69, 9.17) is 10.8 Å². The average molecular weight is 258 g/mol. The van der Waals surface area contributed by atoms with E-state index in [-0.39, 0.29) is 18.2 Å². The molecule has 0 aromatic heterocycles. The van der Waals surface area contributed by atoms with Gasteiger partial charge < -0.3 is 16.2 Å². The molecule has 4 N–H and O–H groups in total. The van der Waals surface area contributed by atoms with Crippen molar-refractivity contribution in [3.8, 4) is 0 Å². The second-order valence-corrected chi connectivity index (χ2v) is 5.06. The first-order chi connectivity index (χ1) is 8.38. The Morgan fingerprint density at radius 3 is 2.33 bits per heavy atom. The van der Waals surface area contributed by atoms with Gasteiger partial charge in [-0.25, -0.2) is 0 Å². The Labute approximate surface area is 109 Å². The van der Waals surface area contributed by atoms with Crippen molar-refractivity contribution in [3.63, 3.8) is 0 Å². The average Bonchev–Trinajstić information content (AvgIpc) is 2.31. The molecular weight excluding hydrogens is 232 g/mol. The van der Waals surface area contributed by atoms with Gasteiger partial charge in [0.15, 0.2) is 0 Å². The van der Waals surface area contributed by atoms with Crippen LogP contribution in [0, 0.1) is 11.8 Å². The van der Waals surface area contributed by atoms with Crippen LogP contribution >= 0.6 is 0 Å². The summed E-state index contributed by atoms with van der Waals surface area (Å²) in [7, 11) is 0. The minimum absolute atomic E-state index is 0.124. The predicted octanol–water partition coefficient (Wildman–Crippen LogP) is 1.37. The summed E-state index contributed by atoms with van der Waals surface area (Å²) in [5.74, 6) is -0.423. The van der Waals surface area contributed by atoms with E-state index in [1.54, 1.807) is 0 Å². The molecular formula is C13H26N2O3. The number of carboxylic acids is 1. The maximum Gasteiger partial charge on any atom is 0.303 e. The third-order valence-electron chi connectivity index (χ3n) is 3.22. The summed E-state index contributed by atoms with van der Waals surface area (Å²) in [5.41, 5.74) is 5.72. The number of nitrogens with two attached hydrogens (primary N) is 1. The molecule has 0 aliphatic heterocycles. The topological polar surface area (TPSA) is 92.4 Å². The lowest BCUT2D eigenvalue weighted by Crippen LogP contribution is -2.44. The fraction of sp³-hybridized carbons (Fsp3) is 0.846. The van der Waals surface area contributed by atoms with Crippen LogP contribution in [0.5, 0.6) is 0 Å². The molecule has 2 atom stereocenters. The van der Waals surface area contributed by atoms with Gasteiger partial charge in [-0.3, -0.25) is 9.59 Å². The molecule has 0 saturated heterocycles. The van der Waals surface area contributed by atoms with Crippen LogP contribution in [0.1, 0.15) is 46.5 Å². The zero-order valence-electron chi connectivity index (χ0n) is 11.6. The molecule has 5 heteroatoms. The second-order valence-electron chi connectivity index (χ2n) is 5.06. The molecule has 5 nitrogen and oxygen atoms in total. The Morgan fingerprint density at radius 1 is 1.28 bits per heavy atom. The Hall–Kier alpha value is -1.10. The summed E-state index contributed by atoms with van der Waals surface area (Å²) in [6.45, 7) is 6.42. The number of carbonyl (C=O) groups is 2. The lowest BCUT2D eigenvalue weighted by molar-refractivity contribution is -0.137. The number of amides is 1. The SMILES string of the molecule is CCC(CCNC(=O)[C@H](N)C(C)C)CCC(=O)O. The van der Waals surface area contributed by atoms with Crippen molar-refractivity contribution in [1.29, 1.82) is 0 Å². The van der Waals surface area contributed by atoms with Gasteiger partial charge in [0.1, 0.15) is 0 Å². The zero-order valence-corrected chi connectivity index (χ0v) is 11.6. The van der Waals surface area contributed by atoms with Crippen LogP contribution in [0.4, 0.5) is 0 Å². The highest BCUT2D eigenvalue weighted by molar-refractivity contribution is 5.81. The quantitative estimate of drug-likeness (QED) is 0.582. The zero-order chi connectivity index (χ0) is 14.1. The van der Waals surface area contributed by atoms with Crippen molar-refractivity contribution in [3.05, 3.63) is 0 Å². The van der Waals surface area contributed by atoms with Gasteiger partial charge in [0.25, 0.3) is 0 Å². The van der Waals surface area contributed by atoms with Gasteiger partial charge in [0, 0.05) is 13.0 Å². The Kier molecular flexibility index (Phi) is 8.37. The maximum atomic E-state index is 11.6. The van der Waals surface area contributed by atoms with E-state index in [0.717, 1.165) is 12.8 Å². The van der Waals surface area contributed by atoms with E-state index in [9.17, 15) is 9.59 Å². The van der Waals surface area contributed by atoms with E-state index < -0.39 is 12.0 Å². The predicted molar refractivity (Wildman–Crippen MR) is 71.1 cm³/mol. The summed E-state index contributed by atoms with van der Waals surface area (Å²) < 4.78 is 0. The van der Waals surface area contributed by atoms with Crippen molar-refractivity contribution in [1.82, 2.24) is 5.32 Å². The van der Waals surface area contributed by atoms with Gasteiger partial charge in [0.05, 0.1) is 6.04 Å². The van der Waals surface area contributed by atoms with Crippen LogP contribution in [0.2, 0.25) is 0 Å². The van der Waals surface area contributed by atoms with E-state index in [1.165, 1.54) is 0 Å². The number of carbonyl (C=O) groups excluding carboxylic acids is 1. The molecule has 0 saturated carbocycles. The summed E-state index contributed by atoms with van der Waals surface area (Å²) in [5, 5.41) is 11.4. The van der Waals surface area contributed by atoms with Crippen LogP contribution in [0.3, 0.4) is 0 Å². The molecule has 18 heavy (non-hydrogen) atoms. The smallest absolute Gasteiger partial charge is 0.303 e. The fourth-order valence-corrected chi connectivity index (χ4v) is 1.70. The van der Waals surface area contributed by atoms with E-state index in [0.29, 0.717) is 18.9 Å². The highest BCUT2D eigenvalue weighted by Crippen LogP contribution is 2.14. The fourth-order valence-electron chi connectivity index (χ4n) is 1.70. The lowest BCUT2D eigenvalue weighted by Gasteiger charge is -2.17. The van der Waals surface area contributed by atoms with Crippen molar-refractivity contribution in [2.24, 2.45) is 17.6 Å². The molecule has 0 aromatic rings. The summed E-state index contributed by atoms with van der Waals surface area (Å²) in [6, 6.07) is -0.468. The molecule has 0 aromatic carbocycles. The Morgan fingerprint density at radius 2 is 1.89 bits per heavy atom. The molecule has 0 rings (SSSR count). The molecule has 0 aliphatic carbocycles. The van der Waals surface area contributed by atoms with E-state index in [1.807, 2.05) is 20.8 Å². The van der Waals surface area contributed by atoms with E-state index in [2.05, 4.69) is 5.32 Å². The van der Waals surface area contributed by atoms with Crippen LogP contribution in [0.15, 0.2) is 0 Å². The minimum Gasteiger partial charge on any atom is -0.481 e. The van der Waals surface area contributed by atoms with Gasteiger partial charge in [-0.05, 0) is 24.7 Å². The highest BCUT2D eigenvalue weighted by atomic mass is 16.4. The van der Waals surface area contributed by atoms with Crippen molar-refractivity contribution in [2.45, 2.75) is 52.5 Å². The number of nitrogens with one attached hydrogen (secondary N) is 1. The highest BCUT2D eigenvalue weighted by Gasteiger charge is 2.17. The Balaban J connectivity index is 3.86. The van der Waals surface area contributed by atoms with Gasteiger partial charge >= 0.3 is 5.97 Å². The lowest BCUT2D eigenvalue weighted by atomic mass is 9.96. The molecule has 0 radical (unpaired) electrons. The van der Waals surface area contributed by atoms with Gasteiger partial charge in [-0.2, -0.15) is 0 Å². The second kappa shape index (κ2) is 8.91. The van der Waals surface area contributed by atoms with Crippen molar-refractivity contribution < 1.29 is 14.7 Å². The minimum atomic E-state index is -0.765. The standard InChI is InChI=1S/C13H26N2O3/c1-4-10(5-6-11(16)17)7-8-15-13(18)12(14)9(2)3/h9-10,12H,4-8,14H2,1-3H3,(H,15,18)(H,16,17)/t10?,12-/m1/s1. The number of hydrogen-bond donors (Lipinski definition) is 3. The third-order valence-corrected chi connectivity index (χ3v) is 3.22. The number of hydrogen-bond acceptors (Lipinski definition) is 3. The molecule has 0 fully saturated rings. The summed E-state index contributed by atoms with van der Waals surface area (Å²) in [6.07, 6.45) is 2.59. The monoisotopic (exact) mass is 258 g/mol. The van der Waals surface area contributed by atoms with Gasteiger partial charge in [0.2, 0.25) is 5.91 Å². The molecule has 0 aliphatic rings. The van der Waals surface area contributed by atoms with Gasteiger partial charge in [-0.1, -0.05) is 27.2 Å². The summed E-state index contributed by atoms with van der Waals surface area (Å²) >= 11 is 0. The van der Waals surface area contributed by atoms with Crippen molar-refractivity contribution >= 4 is 11.9 Å². The number of carboxylic acid groups (broad SMARTS) is 1. The van der Waals surface area contributed by atoms with Crippen LogP contribution < -0.4 is 11.1 Å². The molecule has 1 amide bonds. The molecule has 0 bridgehead atoms. The summed E-state index contributed by atoms with van der Waals surface area (Å²) in [4.78, 5) is 22.1. The Bertz CT molecular complexity index is 267. The molecule has 0 spiro atoms. The van der Waals surface area contributed by atoms with Crippen LogP contribution in [-0.4, -0.2) is 29.6 Å².